The zero-order valence-corrected chi connectivity index (χ0v) is 13.7. The van der Waals surface area contributed by atoms with Crippen molar-refractivity contribution < 1.29 is 0 Å². The van der Waals surface area contributed by atoms with Gasteiger partial charge < -0.3 is 10.2 Å². The normalized spacial score (nSPS) is 35.6. The van der Waals surface area contributed by atoms with Gasteiger partial charge in [-0.25, -0.2) is 0 Å². The monoisotopic (exact) mass is 367 g/mol. The van der Waals surface area contributed by atoms with E-state index in [1.165, 1.54) is 30.6 Å². The summed E-state index contributed by atoms with van der Waals surface area (Å²) < 4.78 is 0. The lowest BCUT2D eigenvalue weighted by Gasteiger charge is -2.22. The highest BCUT2D eigenvalue weighted by Crippen LogP contribution is 2.36. The van der Waals surface area contributed by atoms with Gasteiger partial charge in [-0.15, -0.1) is 24.0 Å². The van der Waals surface area contributed by atoms with Gasteiger partial charge in [0.2, 0.25) is 0 Å². The van der Waals surface area contributed by atoms with Crippen LogP contribution in [0.15, 0.2) is 4.99 Å². The lowest BCUT2D eigenvalue weighted by molar-refractivity contribution is 0.443. The third-order valence-corrected chi connectivity index (χ3v) is 5.42. The van der Waals surface area contributed by atoms with Crippen LogP contribution in [0, 0.1) is 17.8 Å². The van der Waals surface area contributed by atoms with Crippen LogP contribution in [0.25, 0.3) is 0 Å². The molecule has 0 aromatic heterocycles. The molecule has 0 saturated carbocycles. The number of likely N-dealkylation sites (tertiary alicyclic amines) is 1. The van der Waals surface area contributed by atoms with Crippen molar-refractivity contribution in [1.82, 2.24) is 10.2 Å². The van der Waals surface area contributed by atoms with Crippen LogP contribution in [0.2, 0.25) is 0 Å². The van der Waals surface area contributed by atoms with Crippen molar-refractivity contribution in [2.45, 2.75) is 19.9 Å². The third-order valence-electron chi connectivity index (χ3n) is 4.10. The number of hydrogen-bond acceptors (Lipinski definition) is 4. The van der Waals surface area contributed by atoms with Crippen LogP contribution in [-0.4, -0.2) is 48.0 Å². The highest BCUT2D eigenvalue weighted by molar-refractivity contribution is 14.0. The molecule has 0 aromatic rings. The molecule has 2 fully saturated rings. The Balaban J connectivity index is 0.00000108. The number of hydrogen-bond donors (Lipinski definition) is 1. The Hall–Kier alpha value is 0.350. The first kappa shape index (κ1) is 13.8. The highest BCUT2D eigenvalue weighted by Gasteiger charge is 2.39. The van der Waals surface area contributed by atoms with E-state index in [2.05, 4.69) is 40.8 Å². The third kappa shape index (κ3) is 2.69. The molecule has 0 aromatic carbocycles. The Morgan fingerprint density at radius 2 is 1.94 bits per heavy atom. The van der Waals surface area contributed by atoms with Gasteiger partial charge in [0.25, 0.3) is 0 Å². The Morgan fingerprint density at radius 3 is 2.47 bits per heavy atom. The van der Waals surface area contributed by atoms with Gasteiger partial charge in [0.1, 0.15) is 0 Å². The van der Waals surface area contributed by atoms with E-state index in [-0.39, 0.29) is 24.0 Å². The molecular weight excluding hydrogens is 345 g/mol. The number of guanidine groups is 1. The second-order valence-corrected chi connectivity index (χ2v) is 6.70. The predicted octanol–water partition coefficient (Wildman–Crippen LogP) is 1.88. The lowest BCUT2D eigenvalue weighted by Crippen LogP contribution is -2.43. The molecule has 0 radical (unpaired) electrons. The van der Waals surface area contributed by atoms with Crippen molar-refractivity contribution >= 4 is 41.7 Å². The minimum Gasteiger partial charge on any atom is -0.351 e. The predicted molar refractivity (Wildman–Crippen MR) is 85.4 cm³/mol. The molecule has 3 aliphatic rings. The summed E-state index contributed by atoms with van der Waals surface area (Å²) in [6.45, 7) is 7.97. The van der Waals surface area contributed by atoms with E-state index in [1.807, 2.05) is 0 Å². The van der Waals surface area contributed by atoms with Crippen LogP contribution in [-0.2, 0) is 0 Å². The summed E-state index contributed by atoms with van der Waals surface area (Å²) in [6.07, 6.45) is 0. The van der Waals surface area contributed by atoms with Gasteiger partial charge in [-0.3, -0.25) is 4.99 Å². The lowest BCUT2D eigenvalue weighted by atomic mass is 10.0. The molecule has 0 aliphatic carbocycles. The van der Waals surface area contributed by atoms with Crippen molar-refractivity contribution in [3.63, 3.8) is 0 Å². The molecule has 17 heavy (non-hydrogen) atoms. The second kappa shape index (κ2) is 5.55. The Kier molecular flexibility index (Phi) is 4.50. The zero-order valence-electron chi connectivity index (χ0n) is 10.6. The first-order valence-electron chi connectivity index (χ1n) is 6.37. The molecule has 3 rings (SSSR count). The van der Waals surface area contributed by atoms with Crippen molar-refractivity contribution in [3.8, 4) is 0 Å². The number of halogens is 1. The molecule has 1 unspecified atom stereocenters. The number of nitrogens with one attached hydrogen (secondary N) is 1. The number of thioether (sulfide) groups is 1. The maximum Gasteiger partial charge on any atom is 0.194 e. The fourth-order valence-corrected chi connectivity index (χ4v) is 4.37. The van der Waals surface area contributed by atoms with Crippen LogP contribution in [0.5, 0.6) is 0 Å². The average Bonchev–Trinajstić information content (AvgIpc) is 2.91. The number of fused-ring (bicyclic) bond motifs is 1. The summed E-state index contributed by atoms with van der Waals surface area (Å²) in [5.74, 6) is 6.43. The molecule has 2 saturated heterocycles. The average molecular weight is 367 g/mol. The summed E-state index contributed by atoms with van der Waals surface area (Å²) in [6, 6.07) is 0.560. The molecular formula is C12H22IN3S. The number of aliphatic imine (C=N–C) groups is 1. The molecule has 3 atom stereocenters. The topological polar surface area (TPSA) is 27.6 Å². The van der Waals surface area contributed by atoms with E-state index >= 15 is 0 Å². The summed E-state index contributed by atoms with van der Waals surface area (Å²) in [4.78, 5) is 7.16. The summed E-state index contributed by atoms with van der Waals surface area (Å²) in [5, 5.41) is 3.59. The standard InChI is InChI=1S/C12H21N3S.HI/c1-8(2)11-3-13-12(14-11)15-4-9-6-16-7-10(9)5-15;/h8-11H,3-7H2,1-2H3,(H,13,14);1H/t9-,10+,11?;. The van der Waals surface area contributed by atoms with E-state index in [4.69, 9.17) is 0 Å². The molecule has 0 spiro atoms. The fourth-order valence-electron chi connectivity index (χ4n) is 2.87. The van der Waals surface area contributed by atoms with Crippen LogP contribution in [0.4, 0.5) is 0 Å². The van der Waals surface area contributed by atoms with E-state index in [0.717, 1.165) is 18.4 Å². The van der Waals surface area contributed by atoms with Gasteiger partial charge in [-0.2, -0.15) is 11.8 Å². The van der Waals surface area contributed by atoms with Crippen LogP contribution in [0.1, 0.15) is 13.8 Å². The fraction of sp³-hybridized carbons (Fsp3) is 0.917. The molecule has 1 N–H and O–H groups in total. The van der Waals surface area contributed by atoms with Gasteiger partial charge >= 0.3 is 0 Å². The van der Waals surface area contributed by atoms with Gasteiger partial charge in [0, 0.05) is 13.1 Å². The van der Waals surface area contributed by atoms with Gasteiger partial charge in [-0.1, -0.05) is 13.8 Å². The Bertz CT molecular complexity index is 296. The van der Waals surface area contributed by atoms with Crippen LogP contribution < -0.4 is 5.32 Å². The van der Waals surface area contributed by atoms with Crippen LogP contribution >= 0.6 is 35.7 Å². The van der Waals surface area contributed by atoms with E-state index in [1.54, 1.807) is 0 Å². The molecule has 98 valence electrons. The summed E-state index contributed by atoms with van der Waals surface area (Å²) in [5.41, 5.74) is 0. The highest BCUT2D eigenvalue weighted by atomic mass is 127. The molecule has 5 heteroatoms. The minimum atomic E-state index is 0. The number of nitrogens with zero attached hydrogens (tertiary/aromatic N) is 2. The van der Waals surface area contributed by atoms with Gasteiger partial charge in [-0.05, 0) is 29.3 Å². The van der Waals surface area contributed by atoms with Crippen LogP contribution in [0.3, 0.4) is 0 Å². The number of rotatable bonds is 1. The molecule has 3 aliphatic heterocycles. The molecule has 0 bridgehead atoms. The first-order valence-corrected chi connectivity index (χ1v) is 7.53. The quantitative estimate of drug-likeness (QED) is 0.718. The smallest absolute Gasteiger partial charge is 0.194 e. The molecule has 3 nitrogen and oxygen atoms in total. The second-order valence-electron chi connectivity index (χ2n) is 5.62. The van der Waals surface area contributed by atoms with Crippen molar-refractivity contribution in [3.05, 3.63) is 0 Å². The van der Waals surface area contributed by atoms with Crippen molar-refractivity contribution in [2.75, 3.05) is 31.1 Å². The van der Waals surface area contributed by atoms with E-state index < -0.39 is 0 Å². The van der Waals surface area contributed by atoms with Gasteiger partial charge in [0.05, 0.1) is 12.6 Å². The Labute approximate surface area is 125 Å². The summed E-state index contributed by atoms with van der Waals surface area (Å²) >= 11 is 2.13. The summed E-state index contributed by atoms with van der Waals surface area (Å²) in [7, 11) is 0. The minimum absolute atomic E-state index is 0. The largest absolute Gasteiger partial charge is 0.351 e. The first-order chi connectivity index (χ1) is 7.74. The van der Waals surface area contributed by atoms with Crippen molar-refractivity contribution in [2.24, 2.45) is 22.7 Å². The molecule has 3 heterocycles. The Morgan fingerprint density at radius 1 is 1.29 bits per heavy atom. The zero-order chi connectivity index (χ0) is 11.1. The van der Waals surface area contributed by atoms with Gasteiger partial charge in [0.15, 0.2) is 5.96 Å². The van der Waals surface area contributed by atoms with E-state index in [9.17, 15) is 0 Å². The SMILES string of the molecule is CC(C)C1CN=C(N2C[C@H]3CSC[C@H]3C2)N1.I. The van der Waals surface area contributed by atoms with E-state index in [0.29, 0.717) is 12.0 Å². The maximum absolute atomic E-state index is 4.67. The maximum atomic E-state index is 4.67. The molecule has 0 amide bonds. The van der Waals surface area contributed by atoms with Crippen molar-refractivity contribution in [1.29, 1.82) is 0 Å².